The zero-order valence-electron chi connectivity index (χ0n) is 20.0. The third kappa shape index (κ3) is 5.23. The van der Waals surface area contributed by atoms with E-state index in [1.807, 2.05) is 44.2 Å². The second kappa shape index (κ2) is 10.1. The number of carbonyl (C=O) groups is 1. The largest absolute Gasteiger partial charge is 0.348 e. The molecule has 0 spiro atoms. The molecule has 0 radical (unpaired) electrons. The van der Waals surface area contributed by atoms with Crippen molar-refractivity contribution < 1.29 is 13.2 Å². The smallest absolute Gasteiger partial charge is 0.251 e. The number of aromatic nitrogens is 2. The minimum Gasteiger partial charge on any atom is -0.348 e. The summed E-state index contributed by atoms with van der Waals surface area (Å²) in [5.41, 5.74) is 4.91. The van der Waals surface area contributed by atoms with Crippen LogP contribution in [0, 0.1) is 20.8 Å². The molecular weight excluding hydrogens is 448 g/mol. The minimum absolute atomic E-state index is 0.130. The molecule has 4 rings (SSSR count). The molecule has 2 aromatic carbocycles. The van der Waals surface area contributed by atoms with Crippen LogP contribution in [-0.2, 0) is 23.1 Å². The van der Waals surface area contributed by atoms with Crippen molar-refractivity contribution in [3.63, 3.8) is 0 Å². The Morgan fingerprint density at radius 2 is 1.68 bits per heavy atom. The van der Waals surface area contributed by atoms with Gasteiger partial charge in [-0.05, 0) is 56.9 Å². The summed E-state index contributed by atoms with van der Waals surface area (Å²) in [6.07, 6.45) is 2.87. The molecule has 1 amide bonds. The molecule has 1 N–H and O–H groups in total. The van der Waals surface area contributed by atoms with E-state index in [0.29, 0.717) is 48.0 Å². The highest BCUT2D eigenvalue weighted by Gasteiger charge is 2.31. The highest BCUT2D eigenvalue weighted by Crippen LogP contribution is 2.26. The quantitative estimate of drug-likeness (QED) is 0.555. The Bertz CT molecular complexity index is 1270. The first-order valence-corrected chi connectivity index (χ1v) is 13.2. The fourth-order valence-electron chi connectivity index (χ4n) is 4.48. The Morgan fingerprint density at radius 3 is 2.35 bits per heavy atom. The average Bonchev–Trinajstić information content (AvgIpc) is 3.11. The minimum atomic E-state index is -3.55. The topological polar surface area (TPSA) is 84.3 Å². The lowest BCUT2D eigenvalue weighted by Gasteiger charge is -2.26. The van der Waals surface area contributed by atoms with E-state index < -0.39 is 10.0 Å². The van der Waals surface area contributed by atoms with Crippen LogP contribution in [0.2, 0.25) is 0 Å². The Labute approximate surface area is 201 Å². The van der Waals surface area contributed by atoms with E-state index in [-0.39, 0.29) is 5.91 Å². The van der Waals surface area contributed by atoms with Gasteiger partial charge in [-0.25, -0.2) is 8.42 Å². The number of sulfonamides is 1. The molecule has 1 aliphatic rings. The maximum atomic E-state index is 13.2. The molecule has 1 fully saturated rings. The maximum absolute atomic E-state index is 13.2. The Hall–Kier alpha value is -2.97. The molecule has 2 heterocycles. The van der Waals surface area contributed by atoms with Crippen molar-refractivity contribution in [3.8, 4) is 0 Å². The van der Waals surface area contributed by atoms with Crippen molar-refractivity contribution >= 4 is 15.9 Å². The summed E-state index contributed by atoms with van der Waals surface area (Å²) >= 11 is 0. The van der Waals surface area contributed by atoms with E-state index in [0.717, 1.165) is 36.0 Å². The van der Waals surface area contributed by atoms with E-state index >= 15 is 0 Å². The molecule has 8 heteroatoms. The predicted octanol–water partition coefficient (Wildman–Crippen LogP) is 3.96. The van der Waals surface area contributed by atoms with E-state index in [1.54, 1.807) is 28.0 Å². The van der Waals surface area contributed by atoms with Crippen LogP contribution in [0.1, 0.15) is 57.7 Å². The van der Waals surface area contributed by atoms with Crippen LogP contribution in [0.15, 0.2) is 53.4 Å². The number of hydrogen-bond donors (Lipinski definition) is 1. The number of rotatable bonds is 7. The molecule has 0 aliphatic carbocycles. The molecule has 1 aliphatic heterocycles. The van der Waals surface area contributed by atoms with Crippen LogP contribution in [0.5, 0.6) is 0 Å². The van der Waals surface area contributed by atoms with Gasteiger partial charge in [0, 0.05) is 25.2 Å². The van der Waals surface area contributed by atoms with E-state index in [9.17, 15) is 13.2 Å². The van der Waals surface area contributed by atoms with E-state index in [1.165, 1.54) is 0 Å². The summed E-state index contributed by atoms with van der Waals surface area (Å²) in [6.45, 7) is 7.64. The van der Waals surface area contributed by atoms with Crippen LogP contribution in [0.25, 0.3) is 0 Å². The number of hydrogen-bond acceptors (Lipinski definition) is 4. The van der Waals surface area contributed by atoms with Gasteiger partial charge in [0.2, 0.25) is 10.0 Å². The van der Waals surface area contributed by atoms with Gasteiger partial charge in [-0.1, -0.05) is 48.4 Å². The van der Waals surface area contributed by atoms with Gasteiger partial charge in [0.15, 0.2) is 0 Å². The summed E-state index contributed by atoms with van der Waals surface area (Å²) in [4.78, 5) is 12.9. The van der Waals surface area contributed by atoms with Crippen LogP contribution in [-0.4, -0.2) is 41.5 Å². The molecule has 34 heavy (non-hydrogen) atoms. The van der Waals surface area contributed by atoms with Crippen LogP contribution < -0.4 is 5.32 Å². The van der Waals surface area contributed by atoms with Crippen molar-refractivity contribution in [2.75, 3.05) is 13.1 Å². The standard InChI is InChI=1S/C26H32N4O3S/c1-19-8-7-9-23(16-19)17-27-26(31)24-12-10-22(11-13-24)18-30-21(3)25(20(2)28-30)34(32,33)29-14-5-4-6-15-29/h7-13,16H,4-6,14-15,17-18H2,1-3H3,(H,27,31). The van der Waals surface area contributed by atoms with Gasteiger partial charge in [0.1, 0.15) is 4.90 Å². The molecular formula is C26H32N4O3S. The van der Waals surface area contributed by atoms with Crippen molar-refractivity contribution in [1.82, 2.24) is 19.4 Å². The number of nitrogens with zero attached hydrogens (tertiary/aromatic N) is 3. The van der Waals surface area contributed by atoms with Gasteiger partial charge >= 0.3 is 0 Å². The van der Waals surface area contributed by atoms with Gasteiger partial charge in [-0.2, -0.15) is 9.40 Å². The van der Waals surface area contributed by atoms with Crippen LogP contribution >= 0.6 is 0 Å². The third-order valence-corrected chi connectivity index (χ3v) is 8.46. The van der Waals surface area contributed by atoms with Crippen LogP contribution in [0.4, 0.5) is 0 Å². The normalized spacial score (nSPS) is 14.8. The summed E-state index contributed by atoms with van der Waals surface area (Å²) in [7, 11) is -3.55. The van der Waals surface area contributed by atoms with Crippen molar-refractivity contribution in [2.45, 2.75) is 58.0 Å². The average molecular weight is 481 g/mol. The van der Waals surface area contributed by atoms with E-state index in [4.69, 9.17) is 0 Å². The molecule has 180 valence electrons. The molecule has 1 saturated heterocycles. The lowest BCUT2D eigenvalue weighted by atomic mass is 10.1. The van der Waals surface area contributed by atoms with Gasteiger partial charge in [-0.3, -0.25) is 9.48 Å². The number of amides is 1. The number of aryl methyl sites for hydroxylation is 2. The van der Waals surface area contributed by atoms with Gasteiger partial charge in [-0.15, -0.1) is 0 Å². The first-order chi connectivity index (χ1) is 16.3. The van der Waals surface area contributed by atoms with Gasteiger partial charge < -0.3 is 5.32 Å². The number of carbonyl (C=O) groups excluding carboxylic acids is 1. The lowest BCUT2D eigenvalue weighted by Crippen LogP contribution is -2.36. The first-order valence-electron chi connectivity index (χ1n) is 11.7. The number of piperidine rings is 1. The second-order valence-corrected chi connectivity index (χ2v) is 10.9. The molecule has 1 aromatic heterocycles. The predicted molar refractivity (Wildman–Crippen MR) is 132 cm³/mol. The number of nitrogens with one attached hydrogen (secondary N) is 1. The highest BCUT2D eigenvalue weighted by atomic mass is 32.2. The second-order valence-electron chi connectivity index (χ2n) is 8.99. The summed E-state index contributed by atoms with van der Waals surface area (Å²) < 4.78 is 29.8. The zero-order valence-corrected chi connectivity index (χ0v) is 20.9. The van der Waals surface area contributed by atoms with Crippen molar-refractivity contribution in [2.24, 2.45) is 0 Å². The van der Waals surface area contributed by atoms with E-state index in [2.05, 4.69) is 16.5 Å². The van der Waals surface area contributed by atoms with Gasteiger partial charge in [0.05, 0.1) is 17.9 Å². The first kappa shape index (κ1) is 24.2. The number of benzene rings is 2. The van der Waals surface area contributed by atoms with Crippen molar-refractivity contribution in [1.29, 1.82) is 0 Å². The molecule has 0 saturated carbocycles. The zero-order chi connectivity index (χ0) is 24.3. The Balaban J connectivity index is 1.44. The van der Waals surface area contributed by atoms with Crippen molar-refractivity contribution in [3.05, 3.63) is 82.2 Å². The maximum Gasteiger partial charge on any atom is 0.251 e. The molecule has 0 unspecified atom stereocenters. The summed E-state index contributed by atoms with van der Waals surface area (Å²) in [5.74, 6) is -0.130. The molecule has 3 aromatic rings. The SMILES string of the molecule is Cc1cccc(CNC(=O)c2ccc(Cn3nc(C)c(S(=O)(=O)N4CCCCC4)c3C)cc2)c1. The fraction of sp³-hybridized carbons (Fsp3) is 0.385. The lowest BCUT2D eigenvalue weighted by molar-refractivity contribution is 0.0951. The summed E-state index contributed by atoms with van der Waals surface area (Å²) in [5, 5.41) is 7.48. The fourth-order valence-corrected chi connectivity index (χ4v) is 6.37. The van der Waals surface area contributed by atoms with Gasteiger partial charge in [0.25, 0.3) is 5.91 Å². The molecule has 0 bridgehead atoms. The third-order valence-electron chi connectivity index (χ3n) is 6.31. The highest BCUT2D eigenvalue weighted by molar-refractivity contribution is 7.89. The summed E-state index contributed by atoms with van der Waals surface area (Å²) in [6, 6.07) is 15.4. The molecule has 0 atom stereocenters. The van der Waals surface area contributed by atoms with Crippen LogP contribution in [0.3, 0.4) is 0 Å². The Kier molecular flexibility index (Phi) is 7.19. The Morgan fingerprint density at radius 1 is 0.971 bits per heavy atom. The monoisotopic (exact) mass is 480 g/mol. The molecule has 7 nitrogen and oxygen atoms in total.